The molecule has 17 rings (SSSR count). The van der Waals surface area contributed by atoms with Gasteiger partial charge in [-0.25, -0.2) is 0 Å². The summed E-state index contributed by atoms with van der Waals surface area (Å²) in [5.74, 6) is 0. The van der Waals surface area contributed by atoms with Crippen LogP contribution in [0, 0.1) is 0 Å². The van der Waals surface area contributed by atoms with Crippen LogP contribution < -0.4 is 0 Å². The summed E-state index contributed by atoms with van der Waals surface area (Å²) in [7, 11) is 0. The van der Waals surface area contributed by atoms with Crippen LogP contribution in [0.5, 0.6) is 0 Å². The van der Waals surface area contributed by atoms with Gasteiger partial charge in [-0.1, -0.05) is 218 Å². The Balaban J connectivity index is 0.961. The van der Waals surface area contributed by atoms with Crippen LogP contribution in [0.4, 0.5) is 39.5 Å². The van der Waals surface area contributed by atoms with Gasteiger partial charge in [0.15, 0.2) is 0 Å². The molecule has 0 radical (unpaired) electrons. The first-order chi connectivity index (χ1) is 42.6. The van der Waals surface area contributed by atoms with Gasteiger partial charge in [-0.3, -0.25) is 0 Å². The number of fused-ring (bicyclic) bond motifs is 10. The van der Waals surface area contributed by atoms with E-state index in [1.165, 1.54) is 12.1 Å². The van der Waals surface area contributed by atoms with Gasteiger partial charge in [0, 0.05) is 0 Å². The lowest BCUT2D eigenvalue weighted by atomic mass is 9.80. The van der Waals surface area contributed by atoms with Crippen molar-refractivity contribution in [3.8, 4) is 111 Å². The predicted octanol–water partition coefficient (Wildman–Crippen LogP) is 24.4. The first kappa shape index (κ1) is 51.9. The van der Waals surface area contributed by atoms with Crippen molar-refractivity contribution in [3.63, 3.8) is 0 Å². The van der Waals surface area contributed by atoms with Gasteiger partial charge in [0.1, 0.15) is 0 Å². The van der Waals surface area contributed by atoms with Crippen molar-refractivity contribution in [3.05, 3.63) is 265 Å². The van der Waals surface area contributed by atoms with Crippen LogP contribution in [0.15, 0.2) is 249 Å². The van der Waals surface area contributed by atoms with E-state index in [0.717, 1.165) is 161 Å². The van der Waals surface area contributed by atoms with Crippen LogP contribution in [-0.4, -0.2) is 0 Å². The van der Waals surface area contributed by atoms with E-state index >= 15 is 0 Å². The molecule has 0 saturated heterocycles. The third-order valence-electron chi connectivity index (χ3n) is 18.3. The van der Waals surface area contributed by atoms with E-state index in [4.69, 9.17) is 0 Å². The zero-order chi connectivity index (χ0) is 59.7. The number of benzene rings is 15. The minimum absolute atomic E-state index is 0.169. The molecule has 0 N–H and O–H groups in total. The molecule has 0 unspecified atom stereocenters. The predicted molar refractivity (Wildman–Crippen MR) is 339 cm³/mol. The van der Waals surface area contributed by atoms with Gasteiger partial charge in [-0.15, -0.1) is 0 Å². The average Bonchev–Trinajstić information content (AvgIpc) is 1.49. The van der Waals surface area contributed by atoms with E-state index in [9.17, 15) is 39.5 Å². The monoisotopic (exact) mass is 1160 g/mol. The van der Waals surface area contributed by atoms with Crippen LogP contribution in [-0.2, 0) is 18.5 Å². The van der Waals surface area contributed by atoms with Gasteiger partial charge in [0.25, 0.3) is 0 Å². The van der Waals surface area contributed by atoms with Crippen molar-refractivity contribution >= 4 is 64.6 Å². The van der Waals surface area contributed by atoms with E-state index in [1.807, 2.05) is 97.1 Å². The van der Waals surface area contributed by atoms with Gasteiger partial charge < -0.3 is 0 Å². The molecule has 0 spiro atoms. The molecule has 0 fully saturated rings. The van der Waals surface area contributed by atoms with Crippen LogP contribution >= 0.6 is 0 Å². The minimum atomic E-state index is -5.06. The summed E-state index contributed by atoms with van der Waals surface area (Å²) >= 11 is 0. The molecule has 0 aromatic heterocycles. The molecule has 88 heavy (non-hydrogen) atoms. The molecule has 2 aliphatic carbocycles. The Morgan fingerprint density at radius 1 is 0.170 bits per heavy atom. The van der Waals surface area contributed by atoms with E-state index in [-0.39, 0.29) is 17.2 Å². The van der Waals surface area contributed by atoms with Crippen LogP contribution in [0.25, 0.3) is 176 Å². The Morgan fingerprint density at radius 3 is 0.864 bits per heavy atom. The fraction of sp³-hybridized carbons (Fsp3) is 0.0380. The molecule has 0 aliphatic heterocycles. The van der Waals surface area contributed by atoms with Crippen molar-refractivity contribution in [1.82, 2.24) is 0 Å². The van der Waals surface area contributed by atoms with Gasteiger partial charge >= 0.3 is 18.5 Å². The third kappa shape index (κ3) is 7.43. The fourth-order valence-corrected chi connectivity index (χ4v) is 14.9. The maximum atomic E-state index is 14.6. The highest BCUT2D eigenvalue weighted by Crippen LogP contribution is 2.64. The van der Waals surface area contributed by atoms with Crippen molar-refractivity contribution in [2.24, 2.45) is 0 Å². The lowest BCUT2D eigenvalue weighted by Gasteiger charge is -2.22. The smallest absolute Gasteiger partial charge is 0.166 e. The van der Waals surface area contributed by atoms with Gasteiger partial charge in [0.05, 0.1) is 16.7 Å². The number of hydrogen-bond donors (Lipinski definition) is 0. The third-order valence-corrected chi connectivity index (χ3v) is 18.3. The van der Waals surface area contributed by atoms with Crippen molar-refractivity contribution in [2.75, 3.05) is 0 Å². The normalized spacial score (nSPS) is 12.8. The summed E-state index contributed by atoms with van der Waals surface area (Å²) in [6.07, 6.45) is -14.7. The topological polar surface area (TPSA) is 0 Å². The Hall–Kier alpha value is -10.5. The molecule has 15 aromatic carbocycles. The highest BCUT2D eigenvalue weighted by atomic mass is 19.4. The molecule has 0 amide bonds. The van der Waals surface area contributed by atoms with Gasteiger partial charge in [-0.05, 0) is 206 Å². The molecule has 0 heterocycles. The molecule has 420 valence electrons. The Morgan fingerprint density at radius 2 is 0.477 bits per heavy atom. The summed E-state index contributed by atoms with van der Waals surface area (Å²) < 4.78 is 131. The number of alkyl halides is 9. The van der Waals surface area contributed by atoms with Gasteiger partial charge in [-0.2, -0.15) is 39.5 Å². The fourth-order valence-electron chi connectivity index (χ4n) is 14.9. The first-order valence-corrected chi connectivity index (χ1v) is 28.8. The maximum absolute atomic E-state index is 14.6. The number of hydrogen-bond acceptors (Lipinski definition) is 0. The maximum Gasteiger partial charge on any atom is 0.416 e. The molecular weight excluding hydrogens is 1120 g/mol. The standard InChI is InChI=1S/C79H41F9/c80-77(81,82)46-21-15-20-44(38-46)49-22-7-9-24-51(49)69-55-28-13-11-26-53(55)65(42-16-3-1-4-17-42)73-61-34-30-57-60-33-37-64-72-62(35-31-58(68(60)72)59-32-36-63(75(69)73)71(61)67(57)59)74-66(43-18-5-2-6-19-43)54-27-12-14-29-56(54)70(76(64)74)52-25-10-8-23-50(52)45-39-47(78(83,84)85)41-48(40-45)79(86,87)88/h1-41H. The quantitative estimate of drug-likeness (QED) is 0.0884. The van der Waals surface area contributed by atoms with Gasteiger partial charge in [0.2, 0.25) is 0 Å². The Labute approximate surface area is 497 Å². The van der Waals surface area contributed by atoms with E-state index in [0.29, 0.717) is 22.3 Å². The average molecular weight is 1160 g/mol. The van der Waals surface area contributed by atoms with Crippen molar-refractivity contribution < 1.29 is 39.5 Å². The molecule has 9 heteroatoms. The van der Waals surface area contributed by atoms with E-state index in [2.05, 4.69) is 84.9 Å². The molecule has 0 saturated carbocycles. The molecule has 2 aliphatic rings. The summed E-state index contributed by atoms with van der Waals surface area (Å²) in [5, 5.41) is 11.7. The SMILES string of the molecule is FC(F)(F)c1cccc(-c2ccccc2-c2c3c(c(-c4ccccc4)c4ccccc24)-c2ccc4c5ccc6c7c(ccc(c8ccc-3c2c84)c75)-c2c-6c(-c3ccccc3-c3cc(C(F)(F)F)cc(C(F)(F)F)c3)c3ccccc3c2-c2ccccc2)c1. The Bertz CT molecular complexity index is 5440. The second kappa shape index (κ2) is 18.5. The van der Waals surface area contributed by atoms with E-state index in [1.54, 1.807) is 30.3 Å². The highest BCUT2D eigenvalue weighted by molar-refractivity contribution is 6.42. The van der Waals surface area contributed by atoms with Crippen LogP contribution in [0.1, 0.15) is 16.7 Å². The highest BCUT2D eigenvalue weighted by Gasteiger charge is 2.40. The second-order valence-corrected chi connectivity index (χ2v) is 22.9. The minimum Gasteiger partial charge on any atom is -0.166 e. The van der Waals surface area contributed by atoms with Crippen molar-refractivity contribution in [2.45, 2.75) is 18.5 Å². The number of rotatable bonds is 6. The summed E-state index contributed by atoms with van der Waals surface area (Å²) in [4.78, 5) is 0. The lowest BCUT2D eigenvalue weighted by Crippen LogP contribution is -2.11. The summed E-state index contributed by atoms with van der Waals surface area (Å²) in [6.45, 7) is 0. The molecular formula is C79H41F9. The zero-order valence-corrected chi connectivity index (χ0v) is 46.1. The Kier molecular flexibility index (Phi) is 10.9. The van der Waals surface area contributed by atoms with E-state index < -0.39 is 35.2 Å². The number of halogens is 9. The second-order valence-electron chi connectivity index (χ2n) is 22.9. The summed E-state index contributed by atoms with van der Waals surface area (Å²) in [6, 6.07) is 75.8. The van der Waals surface area contributed by atoms with Crippen LogP contribution in [0.3, 0.4) is 0 Å². The first-order valence-electron chi connectivity index (χ1n) is 28.8. The molecule has 15 aromatic rings. The molecule has 0 nitrogen and oxygen atoms in total. The largest absolute Gasteiger partial charge is 0.416 e. The zero-order valence-electron chi connectivity index (χ0n) is 46.1. The lowest BCUT2D eigenvalue weighted by molar-refractivity contribution is -0.143. The van der Waals surface area contributed by atoms with Crippen LogP contribution in [0.2, 0.25) is 0 Å². The molecule has 0 atom stereocenters. The molecule has 0 bridgehead atoms. The summed E-state index contributed by atoms with van der Waals surface area (Å²) in [5.41, 5.74) is 12.0. The van der Waals surface area contributed by atoms with Crippen molar-refractivity contribution in [1.29, 1.82) is 0 Å².